The summed E-state index contributed by atoms with van der Waals surface area (Å²) >= 11 is 0. The fraction of sp³-hybridized carbons (Fsp3) is 0.533. The normalized spacial score (nSPS) is 21.7. The molecule has 0 spiro atoms. The van der Waals surface area contributed by atoms with Crippen LogP contribution in [0.2, 0.25) is 0 Å². The molecule has 0 saturated carbocycles. The average molecular weight is 491 g/mol. The maximum atomic E-state index is 13.2. The van der Waals surface area contributed by atoms with Crippen LogP contribution >= 0.6 is 0 Å². The molecule has 6 nitrogen and oxygen atoms in total. The Bertz CT molecular complexity index is 958. The molecule has 2 aliphatic heterocycles. The maximum Gasteiger partial charge on any atom is 0.250 e. The van der Waals surface area contributed by atoms with Gasteiger partial charge in [-0.15, -0.1) is 0 Å². The van der Waals surface area contributed by atoms with Gasteiger partial charge in [0.1, 0.15) is 5.75 Å². The van der Waals surface area contributed by atoms with E-state index < -0.39 is 0 Å². The van der Waals surface area contributed by atoms with Crippen LogP contribution < -0.4 is 9.64 Å². The van der Waals surface area contributed by atoms with Gasteiger partial charge in [-0.1, -0.05) is 31.2 Å². The third-order valence-electron chi connectivity index (χ3n) is 7.12. The van der Waals surface area contributed by atoms with Gasteiger partial charge in [0, 0.05) is 43.0 Å². The lowest BCUT2D eigenvalue weighted by molar-refractivity contribution is -0.131. The summed E-state index contributed by atoms with van der Waals surface area (Å²) in [6.07, 6.45) is 10.6. The van der Waals surface area contributed by atoms with Gasteiger partial charge in [-0.05, 0) is 83.0 Å². The molecular formula is C30H42N4O2. The van der Waals surface area contributed by atoms with Gasteiger partial charge in [0.25, 0.3) is 0 Å². The van der Waals surface area contributed by atoms with Crippen LogP contribution in [-0.2, 0) is 4.79 Å². The molecule has 0 radical (unpaired) electrons. The monoisotopic (exact) mass is 490 g/mol. The van der Waals surface area contributed by atoms with Gasteiger partial charge >= 0.3 is 0 Å². The lowest BCUT2D eigenvalue weighted by Crippen LogP contribution is -2.59. The van der Waals surface area contributed by atoms with Crippen LogP contribution in [0.3, 0.4) is 0 Å². The first kappa shape index (κ1) is 27.5. The van der Waals surface area contributed by atoms with Gasteiger partial charge in [-0.2, -0.15) is 5.26 Å². The van der Waals surface area contributed by atoms with Gasteiger partial charge in [0.2, 0.25) is 5.91 Å². The Balaban J connectivity index is 1.51. The van der Waals surface area contributed by atoms with E-state index in [1.807, 2.05) is 17.9 Å². The molecule has 2 atom stereocenters. The highest BCUT2D eigenvalue weighted by atomic mass is 16.5. The van der Waals surface area contributed by atoms with Crippen molar-refractivity contribution in [2.45, 2.75) is 65.0 Å². The Kier molecular flexibility index (Phi) is 10.6. The summed E-state index contributed by atoms with van der Waals surface area (Å²) < 4.78 is 5.99. The Morgan fingerprint density at radius 2 is 1.78 bits per heavy atom. The van der Waals surface area contributed by atoms with Crippen molar-refractivity contribution < 1.29 is 9.53 Å². The number of carbonyl (C=O) groups is 1. The van der Waals surface area contributed by atoms with Gasteiger partial charge < -0.3 is 19.4 Å². The molecule has 2 fully saturated rings. The number of piperidine rings is 1. The van der Waals surface area contributed by atoms with Gasteiger partial charge in [-0.25, -0.2) is 0 Å². The second-order valence-corrected chi connectivity index (χ2v) is 10.0. The summed E-state index contributed by atoms with van der Waals surface area (Å²) in [5, 5.41) is 8.90. The van der Waals surface area contributed by atoms with Crippen molar-refractivity contribution in [2.24, 2.45) is 0 Å². The van der Waals surface area contributed by atoms with Crippen molar-refractivity contribution in [1.82, 2.24) is 9.80 Å². The van der Waals surface area contributed by atoms with Crippen LogP contribution in [0.4, 0.5) is 5.69 Å². The summed E-state index contributed by atoms with van der Waals surface area (Å²) in [7, 11) is 0. The number of carbonyl (C=O) groups excluding carboxylic acids is 1. The summed E-state index contributed by atoms with van der Waals surface area (Å²) in [5.41, 5.74) is 2.63. The number of nitriles is 1. The molecule has 6 heteroatoms. The van der Waals surface area contributed by atoms with Crippen molar-refractivity contribution in [3.8, 4) is 11.8 Å². The summed E-state index contributed by atoms with van der Waals surface area (Å²) in [4.78, 5) is 20.1. The Morgan fingerprint density at radius 3 is 2.39 bits per heavy atom. The van der Waals surface area contributed by atoms with Crippen molar-refractivity contribution in [2.75, 3.05) is 44.2 Å². The molecule has 2 heterocycles. The Morgan fingerprint density at radius 1 is 1.11 bits per heavy atom. The number of piperazine rings is 1. The number of ether oxygens (including phenoxy) is 1. The van der Waals surface area contributed by atoms with Gasteiger partial charge in [-0.3, -0.25) is 4.79 Å². The molecule has 0 N–H and O–H groups in total. The second-order valence-electron chi connectivity index (χ2n) is 10.0. The first-order valence-corrected chi connectivity index (χ1v) is 13.3. The van der Waals surface area contributed by atoms with E-state index in [4.69, 9.17) is 10.00 Å². The van der Waals surface area contributed by atoms with E-state index in [-0.39, 0.29) is 24.4 Å². The fourth-order valence-electron chi connectivity index (χ4n) is 5.15. The zero-order valence-corrected chi connectivity index (χ0v) is 22.3. The van der Waals surface area contributed by atoms with Crippen LogP contribution in [0, 0.1) is 11.3 Å². The van der Waals surface area contributed by atoms with Crippen LogP contribution in [0.1, 0.15) is 52.9 Å². The molecule has 0 aromatic heterocycles. The molecule has 3 rings (SSSR count). The number of rotatable bonds is 10. The molecule has 1 amide bonds. The van der Waals surface area contributed by atoms with Crippen LogP contribution in [0.15, 0.2) is 60.2 Å². The van der Waals surface area contributed by atoms with E-state index in [1.54, 1.807) is 12.2 Å². The largest absolute Gasteiger partial charge is 0.494 e. The summed E-state index contributed by atoms with van der Waals surface area (Å²) in [5.74, 6) is 0.955. The molecule has 2 saturated heterocycles. The van der Waals surface area contributed by atoms with E-state index in [2.05, 4.69) is 60.6 Å². The quantitative estimate of drug-likeness (QED) is 0.252. The van der Waals surface area contributed by atoms with Crippen LogP contribution in [0.5, 0.6) is 5.75 Å². The molecule has 0 bridgehead atoms. The van der Waals surface area contributed by atoms with Crippen LogP contribution in [0.25, 0.3) is 0 Å². The van der Waals surface area contributed by atoms with Gasteiger partial charge in [0.05, 0.1) is 19.1 Å². The zero-order valence-electron chi connectivity index (χ0n) is 22.3. The molecule has 2 unspecified atom stereocenters. The van der Waals surface area contributed by atoms with E-state index in [9.17, 15) is 4.79 Å². The number of benzene rings is 1. The Labute approximate surface area is 217 Å². The predicted molar refractivity (Wildman–Crippen MR) is 147 cm³/mol. The number of amides is 1. The minimum absolute atomic E-state index is 0.0413. The highest BCUT2D eigenvalue weighted by molar-refractivity contribution is 5.93. The predicted octanol–water partition coefficient (Wildman–Crippen LogP) is 5.34. The molecule has 0 aliphatic carbocycles. The standard InChI is InChI=1S/C30H42N4O2/c1-5-27(16-17-31)11-10-24(2)30(35)34-25(3)22-33(23-26(34)4)28-12-14-29(15-13-28)36-21-9-20-32-18-7-6-8-19-32/h5,10-15,25-26H,1,6-9,16,18-23H2,2-4H3/b24-10+,27-11+. The molecule has 194 valence electrons. The SMILES string of the molecule is C=C/C(=C\C=C(/C)C(=O)N1C(C)CN(c2ccc(OCCCN3CCCCC3)cc2)CC1C)CC#N. The van der Waals surface area contributed by atoms with Gasteiger partial charge in [0.15, 0.2) is 0 Å². The number of nitrogens with zero attached hydrogens (tertiary/aromatic N) is 4. The lowest BCUT2D eigenvalue weighted by atomic mass is 10.0. The first-order valence-electron chi connectivity index (χ1n) is 13.3. The van der Waals surface area contributed by atoms with E-state index in [1.165, 1.54) is 32.4 Å². The number of anilines is 1. The number of hydrogen-bond donors (Lipinski definition) is 0. The topological polar surface area (TPSA) is 59.8 Å². The second kappa shape index (κ2) is 13.9. The van der Waals surface area contributed by atoms with Crippen molar-refractivity contribution >= 4 is 11.6 Å². The third kappa shape index (κ3) is 7.73. The maximum absolute atomic E-state index is 13.2. The number of hydrogen-bond acceptors (Lipinski definition) is 5. The van der Waals surface area contributed by atoms with Crippen molar-refractivity contribution in [3.05, 3.63) is 60.2 Å². The minimum atomic E-state index is 0.0413. The van der Waals surface area contributed by atoms with Crippen molar-refractivity contribution in [3.63, 3.8) is 0 Å². The molecule has 2 aliphatic rings. The zero-order chi connectivity index (χ0) is 25.9. The minimum Gasteiger partial charge on any atom is -0.494 e. The van der Waals surface area contributed by atoms with Crippen molar-refractivity contribution in [1.29, 1.82) is 5.26 Å². The average Bonchev–Trinajstić information content (AvgIpc) is 2.89. The third-order valence-corrected chi connectivity index (χ3v) is 7.12. The lowest BCUT2D eigenvalue weighted by Gasteiger charge is -2.45. The molecule has 1 aromatic carbocycles. The summed E-state index contributed by atoms with van der Waals surface area (Å²) in [6, 6.07) is 10.6. The molecule has 36 heavy (non-hydrogen) atoms. The highest BCUT2D eigenvalue weighted by Gasteiger charge is 2.33. The number of likely N-dealkylation sites (tertiary alicyclic amines) is 1. The van der Waals surface area contributed by atoms with E-state index in [0.717, 1.165) is 49.7 Å². The Hall–Kier alpha value is -3.04. The molecule has 1 aromatic rings. The van der Waals surface area contributed by atoms with E-state index in [0.29, 0.717) is 5.57 Å². The number of allylic oxidation sites excluding steroid dienone is 4. The van der Waals surface area contributed by atoms with Crippen LogP contribution in [-0.4, -0.2) is 67.1 Å². The smallest absolute Gasteiger partial charge is 0.250 e. The highest BCUT2D eigenvalue weighted by Crippen LogP contribution is 2.26. The summed E-state index contributed by atoms with van der Waals surface area (Å²) in [6.45, 7) is 15.7. The first-order chi connectivity index (χ1) is 17.4. The molecular weight excluding hydrogens is 448 g/mol. The fourth-order valence-corrected chi connectivity index (χ4v) is 5.15. The van der Waals surface area contributed by atoms with E-state index >= 15 is 0 Å².